The Morgan fingerprint density at radius 1 is 1.39 bits per heavy atom. The lowest BCUT2D eigenvalue weighted by Gasteiger charge is -2.33. The van der Waals surface area contributed by atoms with Crippen molar-refractivity contribution in [3.8, 4) is 5.75 Å². The quantitative estimate of drug-likeness (QED) is 0.904. The average Bonchev–Trinajstić information content (AvgIpc) is 2.41. The van der Waals surface area contributed by atoms with Crippen LogP contribution in [0.5, 0.6) is 5.75 Å². The van der Waals surface area contributed by atoms with Crippen LogP contribution in [0.15, 0.2) is 28.7 Å². The van der Waals surface area contributed by atoms with Gasteiger partial charge in [-0.25, -0.2) is 0 Å². The van der Waals surface area contributed by atoms with E-state index in [9.17, 15) is 0 Å². The summed E-state index contributed by atoms with van der Waals surface area (Å²) in [4.78, 5) is 2.48. The molecular weight excluding hydrogens is 292 g/mol. The van der Waals surface area contributed by atoms with Crippen molar-refractivity contribution in [2.45, 2.75) is 19.4 Å². The molecule has 1 aliphatic heterocycles. The van der Waals surface area contributed by atoms with Crippen LogP contribution < -0.4 is 10.1 Å². The molecule has 0 aliphatic carbocycles. The molecule has 2 rings (SSSR count). The summed E-state index contributed by atoms with van der Waals surface area (Å²) in [5, 5.41) is 3.53. The number of halogens is 1. The standard InChI is InChI=1S/C14H21BrN2O/c1-2-13-11-17(8-7-16-13)9-10-18-14-5-3-12(15)4-6-14/h3-6,13,16H,2,7-11H2,1H3. The van der Waals surface area contributed by atoms with Gasteiger partial charge in [0.15, 0.2) is 0 Å². The highest BCUT2D eigenvalue weighted by Crippen LogP contribution is 2.16. The molecule has 0 spiro atoms. The summed E-state index contributed by atoms with van der Waals surface area (Å²) >= 11 is 3.42. The minimum Gasteiger partial charge on any atom is -0.492 e. The van der Waals surface area contributed by atoms with Crippen molar-refractivity contribution in [1.82, 2.24) is 10.2 Å². The van der Waals surface area contributed by atoms with Crippen LogP contribution in [0.2, 0.25) is 0 Å². The molecular formula is C14H21BrN2O. The van der Waals surface area contributed by atoms with Crippen molar-refractivity contribution in [3.05, 3.63) is 28.7 Å². The van der Waals surface area contributed by atoms with E-state index in [1.54, 1.807) is 0 Å². The molecule has 18 heavy (non-hydrogen) atoms. The van der Waals surface area contributed by atoms with Crippen molar-refractivity contribution >= 4 is 15.9 Å². The van der Waals surface area contributed by atoms with E-state index in [2.05, 4.69) is 33.1 Å². The minimum absolute atomic E-state index is 0.645. The Labute approximate surface area is 118 Å². The lowest BCUT2D eigenvalue weighted by molar-refractivity contribution is 0.164. The monoisotopic (exact) mass is 312 g/mol. The van der Waals surface area contributed by atoms with E-state index in [-0.39, 0.29) is 0 Å². The summed E-state index contributed by atoms with van der Waals surface area (Å²) in [5.41, 5.74) is 0. The van der Waals surface area contributed by atoms with E-state index in [0.717, 1.165) is 43.0 Å². The SMILES string of the molecule is CCC1CN(CCOc2ccc(Br)cc2)CCN1. The fourth-order valence-electron chi connectivity index (χ4n) is 2.19. The first-order valence-electron chi connectivity index (χ1n) is 6.62. The lowest BCUT2D eigenvalue weighted by Crippen LogP contribution is -2.51. The van der Waals surface area contributed by atoms with Crippen LogP contribution in [-0.4, -0.2) is 43.7 Å². The molecule has 1 aromatic carbocycles. The smallest absolute Gasteiger partial charge is 0.119 e. The van der Waals surface area contributed by atoms with Crippen LogP contribution >= 0.6 is 15.9 Å². The number of hydrogen-bond acceptors (Lipinski definition) is 3. The van der Waals surface area contributed by atoms with Gasteiger partial charge in [0.25, 0.3) is 0 Å². The molecule has 1 fully saturated rings. The van der Waals surface area contributed by atoms with Crippen LogP contribution in [0.25, 0.3) is 0 Å². The van der Waals surface area contributed by atoms with Gasteiger partial charge in [-0.15, -0.1) is 0 Å². The topological polar surface area (TPSA) is 24.5 Å². The third-order valence-electron chi connectivity index (χ3n) is 3.32. The second kappa shape index (κ2) is 7.12. The highest BCUT2D eigenvalue weighted by Gasteiger charge is 2.16. The first kappa shape index (κ1) is 13.8. The van der Waals surface area contributed by atoms with E-state index >= 15 is 0 Å². The van der Waals surface area contributed by atoms with E-state index in [1.165, 1.54) is 6.42 Å². The number of nitrogens with one attached hydrogen (secondary N) is 1. The molecule has 100 valence electrons. The van der Waals surface area contributed by atoms with Crippen LogP contribution in [0.4, 0.5) is 0 Å². The summed E-state index contributed by atoms with van der Waals surface area (Å²) in [6, 6.07) is 8.65. The summed E-state index contributed by atoms with van der Waals surface area (Å²) in [7, 11) is 0. The highest BCUT2D eigenvalue weighted by molar-refractivity contribution is 9.10. The molecule has 4 heteroatoms. The predicted octanol–water partition coefficient (Wildman–Crippen LogP) is 2.51. The Kier molecular flexibility index (Phi) is 5.47. The van der Waals surface area contributed by atoms with Crippen molar-refractivity contribution in [2.24, 2.45) is 0 Å². The first-order chi connectivity index (χ1) is 8.78. The van der Waals surface area contributed by atoms with Gasteiger partial charge in [0.2, 0.25) is 0 Å². The van der Waals surface area contributed by atoms with Gasteiger partial charge < -0.3 is 10.1 Å². The molecule has 0 radical (unpaired) electrons. The third-order valence-corrected chi connectivity index (χ3v) is 3.85. The first-order valence-corrected chi connectivity index (χ1v) is 7.41. The van der Waals surface area contributed by atoms with E-state index in [4.69, 9.17) is 4.74 Å². The molecule has 1 aromatic rings. The molecule has 0 amide bonds. The van der Waals surface area contributed by atoms with Gasteiger partial charge in [-0.2, -0.15) is 0 Å². The molecule has 1 saturated heterocycles. The van der Waals surface area contributed by atoms with Gasteiger partial charge in [0, 0.05) is 36.7 Å². The summed E-state index contributed by atoms with van der Waals surface area (Å²) in [5.74, 6) is 0.945. The number of nitrogens with zero attached hydrogens (tertiary/aromatic N) is 1. The Morgan fingerprint density at radius 3 is 2.89 bits per heavy atom. The third kappa shape index (κ3) is 4.26. The molecule has 1 atom stereocenters. The van der Waals surface area contributed by atoms with Gasteiger partial charge in [-0.05, 0) is 30.7 Å². The molecule has 0 saturated carbocycles. The number of ether oxygens (including phenoxy) is 1. The molecule has 1 aliphatic rings. The van der Waals surface area contributed by atoms with Crippen LogP contribution in [0.3, 0.4) is 0 Å². The van der Waals surface area contributed by atoms with Crippen LogP contribution in [0.1, 0.15) is 13.3 Å². The minimum atomic E-state index is 0.645. The van der Waals surface area contributed by atoms with Crippen molar-refractivity contribution in [1.29, 1.82) is 0 Å². The van der Waals surface area contributed by atoms with E-state index in [0.29, 0.717) is 6.04 Å². The van der Waals surface area contributed by atoms with Gasteiger partial charge >= 0.3 is 0 Å². The van der Waals surface area contributed by atoms with Crippen molar-refractivity contribution in [2.75, 3.05) is 32.8 Å². The second-order valence-electron chi connectivity index (χ2n) is 4.66. The summed E-state index contributed by atoms with van der Waals surface area (Å²) in [6.07, 6.45) is 1.20. The lowest BCUT2D eigenvalue weighted by atomic mass is 10.1. The van der Waals surface area contributed by atoms with Gasteiger partial charge in [0.05, 0.1) is 0 Å². The molecule has 1 heterocycles. The zero-order chi connectivity index (χ0) is 12.8. The maximum Gasteiger partial charge on any atom is 0.119 e. The molecule has 1 N–H and O–H groups in total. The number of piperazine rings is 1. The number of rotatable bonds is 5. The largest absolute Gasteiger partial charge is 0.492 e. The molecule has 0 bridgehead atoms. The second-order valence-corrected chi connectivity index (χ2v) is 5.58. The fraction of sp³-hybridized carbons (Fsp3) is 0.571. The summed E-state index contributed by atoms with van der Waals surface area (Å²) < 4.78 is 6.84. The molecule has 3 nitrogen and oxygen atoms in total. The number of benzene rings is 1. The number of hydrogen-bond donors (Lipinski definition) is 1. The van der Waals surface area contributed by atoms with Crippen LogP contribution in [0, 0.1) is 0 Å². The van der Waals surface area contributed by atoms with E-state index in [1.807, 2.05) is 24.3 Å². The fourth-order valence-corrected chi connectivity index (χ4v) is 2.46. The maximum absolute atomic E-state index is 5.75. The van der Waals surface area contributed by atoms with Crippen molar-refractivity contribution in [3.63, 3.8) is 0 Å². The van der Waals surface area contributed by atoms with Gasteiger partial charge in [0.1, 0.15) is 12.4 Å². The Morgan fingerprint density at radius 2 is 2.17 bits per heavy atom. The normalized spacial score (nSPS) is 20.9. The summed E-state index contributed by atoms with van der Waals surface area (Å²) in [6.45, 7) is 7.36. The van der Waals surface area contributed by atoms with E-state index < -0.39 is 0 Å². The molecule has 1 unspecified atom stereocenters. The van der Waals surface area contributed by atoms with Gasteiger partial charge in [-0.3, -0.25) is 4.90 Å². The Balaban J connectivity index is 1.70. The Bertz CT molecular complexity index is 355. The van der Waals surface area contributed by atoms with Crippen molar-refractivity contribution < 1.29 is 4.74 Å². The van der Waals surface area contributed by atoms with Crippen LogP contribution in [-0.2, 0) is 0 Å². The Hall–Kier alpha value is -0.580. The maximum atomic E-state index is 5.75. The zero-order valence-electron chi connectivity index (χ0n) is 10.9. The highest BCUT2D eigenvalue weighted by atomic mass is 79.9. The average molecular weight is 313 g/mol. The van der Waals surface area contributed by atoms with Gasteiger partial charge in [-0.1, -0.05) is 22.9 Å². The molecule has 0 aromatic heterocycles. The predicted molar refractivity (Wildman–Crippen MR) is 78.2 cm³/mol. The zero-order valence-corrected chi connectivity index (χ0v) is 12.4.